The molecule has 2 aromatic rings. The van der Waals surface area contributed by atoms with E-state index in [-0.39, 0.29) is 18.2 Å². The van der Waals surface area contributed by atoms with Gasteiger partial charge in [0, 0.05) is 13.1 Å². The molecule has 1 amide bonds. The van der Waals surface area contributed by atoms with Crippen molar-refractivity contribution in [2.75, 3.05) is 0 Å². The first-order valence-electron chi connectivity index (χ1n) is 7.29. The molecule has 130 valence electrons. The number of carbonyl (C=O) groups excluding carboxylic acids is 1. The summed E-state index contributed by atoms with van der Waals surface area (Å²) in [6.45, 7) is 3.67. The van der Waals surface area contributed by atoms with E-state index < -0.39 is 23.6 Å². The molecule has 1 heterocycles. The second kappa shape index (κ2) is 7.52. The zero-order chi connectivity index (χ0) is 17.9. The van der Waals surface area contributed by atoms with Gasteiger partial charge in [0.2, 0.25) is 0 Å². The number of aromatic amines is 1. The SMILES string of the molecule is CC(C)[C@H](Oc1ccc(F)cc1F)C(=O)NCc1n[nH]c(=S)n1C. The van der Waals surface area contributed by atoms with Gasteiger partial charge in [0.1, 0.15) is 5.82 Å². The Balaban J connectivity index is 2.07. The van der Waals surface area contributed by atoms with Crippen molar-refractivity contribution in [3.05, 3.63) is 40.4 Å². The summed E-state index contributed by atoms with van der Waals surface area (Å²) in [6.07, 6.45) is -0.933. The van der Waals surface area contributed by atoms with E-state index in [2.05, 4.69) is 15.5 Å². The molecule has 2 rings (SSSR count). The Kier molecular flexibility index (Phi) is 5.66. The summed E-state index contributed by atoms with van der Waals surface area (Å²) >= 11 is 4.99. The van der Waals surface area contributed by atoms with Crippen LogP contribution in [0.2, 0.25) is 0 Å². The Hall–Kier alpha value is -2.29. The van der Waals surface area contributed by atoms with Gasteiger partial charge in [0.25, 0.3) is 5.91 Å². The molecule has 0 aliphatic rings. The lowest BCUT2D eigenvalue weighted by Crippen LogP contribution is -2.41. The standard InChI is InChI=1S/C15H18F2N4O2S/c1-8(2)13(23-11-5-4-9(16)6-10(11)17)14(22)18-7-12-19-20-15(24)21(12)3/h4-6,8,13H,7H2,1-3H3,(H,18,22)(H,20,24)/t13-/m0/s1. The van der Waals surface area contributed by atoms with Crippen LogP contribution in [0.5, 0.6) is 5.75 Å². The minimum Gasteiger partial charge on any atom is -0.477 e. The van der Waals surface area contributed by atoms with Crippen LogP contribution in [-0.2, 0) is 18.4 Å². The third-order valence-corrected chi connectivity index (χ3v) is 3.77. The molecule has 0 saturated carbocycles. The van der Waals surface area contributed by atoms with Crippen LogP contribution in [-0.4, -0.2) is 26.8 Å². The van der Waals surface area contributed by atoms with E-state index in [1.807, 2.05) is 0 Å². The number of ether oxygens (including phenoxy) is 1. The van der Waals surface area contributed by atoms with Crippen LogP contribution in [0, 0.1) is 22.3 Å². The highest BCUT2D eigenvalue weighted by Crippen LogP contribution is 2.21. The molecule has 9 heteroatoms. The number of amides is 1. The number of rotatable bonds is 6. The van der Waals surface area contributed by atoms with Gasteiger partial charge >= 0.3 is 0 Å². The molecule has 0 spiro atoms. The van der Waals surface area contributed by atoms with Crippen LogP contribution in [0.25, 0.3) is 0 Å². The Morgan fingerprint density at radius 3 is 2.71 bits per heavy atom. The molecule has 0 radical (unpaired) electrons. The molecule has 6 nitrogen and oxygen atoms in total. The number of halogens is 2. The number of carbonyl (C=O) groups is 1. The summed E-state index contributed by atoms with van der Waals surface area (Å²) in [7, 11) is 1.72. The zero-order valence-corrected chi connectivity index (χ0v) is 14.3. The quantitative estimate of drug-likeness (QED) is 0.780. The van der Waals surface area contributed by atoms with Crippen molar-refractivity contribution in [3.63, 3.8) is 0 Å². The number of hydrogen-bond acceptors (Lipinski definition) is 4. The molecule has 0 unspecified atom stereocenters. The normalized spacial score (nSPS) is 12.2. The minimum atomic E-state index is -0.933. The maximum atomic E-state index is 13.7. The molecule has 24 heavy (non-hydrogen) atoms. The lowest BCUT2D eigenvalue weighted by Gasteiger charge is -2.22. The lowest BCUT2D eigenvalue weighted by atomic mass is 10.1. The summed E-state index contributed by atoms with van der Waals surface area (Å²) < 4.78 is 34.2. The van der Waals surface area contributed by atoms with E-state index in [1.165, 1.54) is 0 Å². The van der Waals surface area contributed by atoms with E-state index in [9.17, 15) is 13.6 Å². The van der Waals surface area contributed by atoms with Gasteiger partial charge in [-0.1, -0.05) is 13.8 Å². The fourth-order valence-corrected chi connectivity index (χ4v) is 2.16. The van der Waals surface area contributed by atoms with Gasteiger partial charge in [-0.15, -0.1) is 0 Å². The first kappa shape index (κ1) is 18.1. The Morgan fingerprint density at radius 2 is 2.17 bits per heavy atom. The van der Waals surface area contributed by atoms with Crippen molar-refractivity contribution in [2.24, 2.45) is 13.0 Å². The summed E-state index contributed by atoms with van der Waals surface area (Å²) in [6, 6.07) is 2.94. The number of H-pyrrole nitrogens is 1. The largest absolute Gasteiger partial charge is 0.477 e. The minimum absolute atomic E-state index is 0.140. The fourth-order valence-electron chi connectivity index (χ4n) is 2.00. The summed E-state index contributed by atoms with van der Waals surface area (Å²) in [5.74, 6) is -1.86. The van der Waals surface area contributed by atoms with Crippen LogP contribution < -0.4 is 10.1 Å². The fraction of sp³-hybridized carbons (Fsp3) is 0.400. The molecule has 0 bridgehead atoms. The molecular formula is C15H18F2N4O2S. The highest BCUT2D eigenvalue weighted by atomic mass is 32.1. The van der Waals surface area contributed by atoms with Crippen LogP contribution in [0.4, 0.5) is 8.78 Å². The maximum absolute atomic E-state index is 13.7. The van der Waals surface area contributed by atoms with Gasteiger partial charge in [-0.3, -0.25) is 9.89 Å². The molecule has 0 aliphatic carbocycles. The predicted molar refractivity (Wildman–Crippen MR) is 85.9 cm³/mol. The van der Waals surface area contributed by atoms with E-state index in [1.54, 1.807) is 25.5 Å². The monoisotopic (exact) mass is 356 g/mol. The third-order valence-electron chi connectivity index (χ3n) is 3.40. The number of nitrogens with zero attached hydrogens (tertiary/aromatic N) is 2. The van der Waals surface area contributed by atoms with Crippen molar-refractivity contribution in [2.45, 2.75) is 26.5 Å². The summed E-state index contributed by atoms with van der Waals surface area (Å²) in [5.41, 5.74) is 0. The van der Waals surface area contributed by atoms with Crippen molar-refractivity contribution in [1.29, 1.82) is 0 Å². The van der Waals surface area contributed by atoms with E-state index in [4.69, 9.17) is 17.0 Å². The van der Waals surface area contributed by atoms with Gasteiger partial charge in [0.05, 0.1) is 6.54 Å². The van der Waals surface area contributed by atoms with Crippen molar-refractivity contribution in [3.8, 4) is 5.75 Å². The Bertz CT molecular complexity index is 788. The zero-order valence-electron chi connectivity index (χ0n) is 13.5. The average molecular weight is 356 g/mol. The molecule has 2 N–H and O–H groups in total. The van der Waals surface area contributed by atoms with E-state index in [0.29, 0.717) is 16.7 Å². The molecule has 1 atom stereocenters. The van der Waals surface area contributed by atoms with Crippen molar-refractivity contribution < 1.29 is 18.3 Å². The van der Waals surface area contributed by atoms with Gasteiger partial charge in [-0.05, 0) is 30.3 Å². The molecule has 1 aromatic carbocycles. The van der Waals surface area contributed by atoms with Crippen LogP contribution in [0.1, 0.15) is 19.7 Å². The van der Waals surface area contributed by atoms with Crippen molar-refractivity contribution in [1.82, 2.24) is 20.1 Å². The predicted octanol–water partition coefficient (Wildman–Crippen LogP) is 2.48. The molecule has 0 aliphatic heterocycles. The van der Waals surface area contributed by atoms with Crippen LogP contribution >= 0.6 is 12.2 Å². The van der Waals surface area contributed by atoms with Crippen LogP contribution in [0.15, 0.2) is 18.2 Å². The van der Waals surface area contributed by atoms with Gasteiger partial charge in [-0.2, -0.15) is 5.10 Å². The Labute approximate surface area is 142 Å². The van der Waals surface area contributed by atoms with Crippen LogP contribution in [0.3, 0.4) is 0 Å². The van der Waals surface area contributed by atoms with Gasteiger partial charge in [-0.25, -0.2) is 8.78 Å². The van der Waals surface area contributed by atoms with Gasteiger partial charge in [0.15, 0.2) is 28.3 Å². The number of benzene rings is 1. The number of nitrogens with one attached hydrogen (secondary N) is 2. The number of aromatic nitrogens is 3. The first-order valence-corrected chi connectivity index (χ1v) is 7.70. The number of hydrogen-bond donors (Lipinski definition) is 2. The van der Waals surface area contributed by atoms with E-state index in [0.717, 1.165) is 12.1 Å². The molecular weight excluding hydrogens is 338 g/mol. The molecule has 0 saturated heterocycles. The van der Waals surface area contributed by atoms with E-state index >= 15 is 0 Å². The average Bonchev–Trinajstić information content (AvgIpc) is 2.83. The third kappa shape index (κ3) is 4.16. The highest BCUT2D eigenvalue weighted by Gasteiger charge is 2.25. The Morgan fingerprint density at radius 1 is 1.46 bits per heavy atom. The maximum Gasteiger partial charge on any atom is 0.261 e. The topological polar surface area (TPSA) is 71.9 Å². The summed E-state index contributed by atoms with van der Waals surface area (Å²) in [5, 5.41) is 9.28. The smallest absolute Gasteiger partial charge is 0.261 e. The highest BCUT2D eigenvalue weighted by molar-refractivity contribution is 7.71. The molecule has 1 aromatic heterocycles. The second-order valence-electron chi connectivity index (χ2n) is 5.58. The summed E-state index contributed by atoms with van der Waals surface area (Å²) in [4.78, 5) is 12.4. The van der Waals surface area contributed by atoms with Crippen molar-refractivity contribution >= 4 is 18.1 Å². The molecule has 0 fully saturated rings. The second-order valence-corrected chi connectivity index (χ2v) is 5.97. The first-order chi connectivity index (χ1) is 11.3. The lowest BCUT2D eigenvalue weighted by molar-refractivity contribution is -0.130. The van der Waals surface area contributed by atoms with Gasteiger partial charge < -0.3 is 14.6 Å².